The van der Waals surface area contributed by atoms with Crippen molar-refractivity contribution in [2.75, 3.05) is 24.6 Å². The first-order valence-corrected chi connectivity index (χ1v) is 15.6. The summed E-state index contributed by atoms with van der Waals surface area (Å²) >= 11 is 0. The Kier molecular flexibility index (Phi) is 11.8. The number of benzene rings is 3. The van der Waals surface area contributed by atoms with Gasteiger partial charge in [0, 0.05) is 12.6 Å². The number of carbonyl (C=O) groups excluding carboxylic acids is 2. The molecule has 0 aliphatic rings. The molecule has 0 aliphatic heterocycles. The van der Waals surface area contributed by atoms with Crippen molar-refractivity contribution in [2.45, 2.75) is 64.1 Å². The van der Waals surface area contributed by atoms with Crippen molar-refractivity contribution < 1.29 is 27.5 Å². The van der Waals surface area contributed by atoms with Gasteiger partial charge >= 0.3 is 0 Å². The first kappa shape index (κ1) is 32.5. The van der Waals surface area contributed by atoms with Crippen molar-refractivity contribution in [3.63, 3.8) is 0 Å². The Morgan fingerprint density at radius 1 is 0.881 bits per heavy atom. The number of anilines is 1. The third-order valence-electron chi connectivity index (χ3n) is 6.92. The monoisotopic (exact) mass is 595 g/mol. The van der Waals surface area contributed by atoms with Gasteiger partial charge in [-0.3, -0.25) is 13.9 Å². The number of nitrogens with one attached hydrogen (secondary N) is 1. The maximum atomic E-state index is 14.2. The fraction of sp³-hybridized carbons (Fsp3) is 0.375. The van der Waals surface area contributed by atoms with E-state index < -0.39 is 28.5 Å². The predicted octanol–water partition coefficient (Wildman–Crippen LogP) is 5.01. The molecule has 0 unspecified atom stereocenters. The average Bonchev–Trinajstić information content (AvgIpc) is 3.00. The smallest absolute Gasteiger partial charge is 0.264 e. The molecule has 42 heavy (non-hydrogen) atoms. The van der Waals surface area contributed by atoms with Gasteiger partial charge in [0.2, 0.25) is 11.8 Å². The van der Waals surface area contributed by atoms with Gasteiger partial charge in [-0.25, -0.2) is 8.42 Å². The Labute approximate surface area is 249 Å². The van der Waals surface area contributed by atoms with Gasteiger partial charge in [0.05, 0.1) is 24.3 Å². The van der Waals surface area contributed by atoms with Crippen molar-refractivity contribution in [1.29, 1.82) is 0 Å². The van der Waals surface area contributed by atoms with Crippen molar-refractivity contribution in [3.05, 3.63) is 84.4 Å². The number of para-hydroxylation sites is 1. The largest absolute Gasteiger partial charge is 0.497 e. The van der Waals surface area contributed by atoms with Crippen LogP contribution < -0.4 is 19.1 Å². The molecule has 0 heterocycles. The molecule has 3 aromatic carbocycles. The Morgan fingerprint density at radius 3 is 2.17 bits per heavy atom. The van der Waals surface area contributed by atoms with Crippen LogP contribution in [0.15, 0.2) is 83.8 Å². The first-order chi connectivity index (χ1) is 20.1. The van der Waals surface area contributed by atoms with Crippen LogP contribution in [0, 0.1) is 0 Å². The number of hydrogen-bond acceptors (Lipinski definition) is 6. The zero-order chi connectivity index (χ0) is 30.7. The van der Waals surface area contributed by atoms with E-state index in [4.69, 9.17) is 9.47 Å². The van der Waals surface area contributed by atoms with Crippen LogP contribution in [-0.2, 0) is 26.2 Å². The van der Waals surface area contributed by atoms with Crippen molar-refractivity contribution in [1.82, 2.24) is 10.2 Å². The Balaban J connectivity index is 2.03. The zero-order valence-corrected chi connectivity index (χ0v) is 25.8. The van der Waals surface area contributed by atoms with E-state index in [1.165, 1.54) is 17.0 Å². The number of methoxy groups -OCH3 is 1. The summed E-state index contributed by atoms with van der Waals surface area (Å²) in [6.07, 6.45) is 1.07. The van der Waals surface area contributed by atoms with E-state index in [0.717, 1.165) is 16.3 Å². The third kappa shape index (κ3) is 8.25. The number of nitrogens with zero attached hydrogens (tertiary/aromatic N) is 2. The van der Waals surface area contributed by atoms with E-state index in [1.54, 1.807) is 61.7 Å². The summed E-state index contributed by atoms with van der Waals surface area (Å²) in [6.45, 7) is 7.58. The molecule has 0 aliphatic carbocycles. The molecule has 3 aromatic rings. The van der Waals surface area contributed by atoms with E-state index in [1.807, 2.05) is 39.8 Å². The molecule has 0 radical (unpaired) electrons. The second kappa shape index (κ2) is 15.3. The van der Waals surface area contributed by atoms with Gasteiger partial charge in [0.25, 0.3) is 10.0 Å². The van der Waals surface area contributed by atoms with E-state index >= 15 is 0 Å². The van der Waals surface area contributed by atoms with E-state index in [-0.39, 0.29) is 23.4 Å². The van der Waals surface area contributed by atoms with Crippen molar-refractivity contribution >= 4 is 27.5 Å². The maximum absolute atomic E-state index is 14.2. The molecule has 1 N–H and O–H groups in total. The molecule has 0 fully saturated rings. The molecule has 9 nitrogen and oxygen atoms in total. The maximum Gasteiger partial charge on any atom is 0.264 e. The summed E-state index contributed by atoms with van der Waals surface area (Å²) in [5.41, 5.74) is 1.08. The Morgan fingerprint density at radius 2 is 1.57 bits per heavy atom. The van der Waals surface area contributed by atoms with Crippen molar-refractivity contribution in [3.8, 4) is 11.5 Å². The van der Waals surface area contributed by atoms with E-state index in [9.17, 15) is 18.0 Å². The predicted molar refractivity (Wildman–Crippen MR) is 164 cm³/mol. The van der Waals surface area contributed by atoms with Crippen molar-refractivity contribution in [2.24, 2.45) is 0 Å². The Hall–Kier alpha value is -4.05. The molecular formula is C32H41N3O6S. The lowest BCUT2D eigenvalue weighted by molar-refractivity contribution is -0.140. The second-order valence-electron chi connectivity index (χ2n) is 9.87. The number of sulfonamides is 1. The quantitative estimate of drug-likeness (QED) is 0.265. The topological polar surface area (TPSA) is 105 Å². The van der Waals surface area contributed by atoms with Crippen LogP contribution in [-0.4, -0.2) is 57.5 Å². The zero-order valence-electron chi connectivity index (χ0n) is 24.9. The van der Waals surface area contributed by atoms with Crippen LogP contribution in [0.2, 0.25) is 0 Å². The number of rotatable bonds is 15. The second-order valence-corrected chi connectivity index (χ2v) is 11.7. The summed E-state index contributed by atoms with van der Waals surface area (Å²) in [7, 11) is -2.61. The minimum absolute atomic E-state index is 0.0171. The highest BCUT2D eigenvalue weighted by molar-refractivity contribution is 7.92. The van der Waals surface area contributed by atoms with Crippen LogP contribution in [0.5, 0.6) is 11.5 Å². The normalized spacial score (nSPS) is 12.6. The van der Waals surface area contributed by atoms with E-state index in [0.29, 0.717) is 30.2 Å². The summed E-state index contributed by atoms with van der Waals surface area (Å²) < 4.78 is 39.9. The minimum Gasteiger partial charge on any atom is -0.497 e. The molecule has 0 spiro atoms. The van der Waals surface area contributed by atoms with Gasteiger partial charge in [-0.1, -0.05) is 44.2 Å². The molecule has 0 bridgehead atoms. The van der Waals surface area contributed by atoms with Gasteiger partial charge in [0.15, 0.2) is 0 Å². The highest BCUT2D eigenvalue weighted by Gasteiger charge is 2.34. The van der Waals surface area contributed by atoms with Crippen LogP contribution in [0.4, 0.5) is 5.69 Å². The van der Waals surface area contributed by atoms with Gasteiger partial charge in [-0.05, 0) is 80.8 Å². The van der Waals surface area contributed by atoms with Gasteiger partial charge in [-0.2, -0.15) is 0 Å². The average molecular weight is 596 g/mol. The number of ether oxygens (including phenoxy) is 2. The lowest BCUT2D eigenvalue weighted by atomic mass is 10.1. The van der Waals surface area contributed by atoms with Gasteiger partial charge in [0.1, 0.15) is 24.1 Å². The summed E-state index contributed by atoms with van der Waals surface area (Å²) in [5, 5.41) is 2.98. The summed E-state index contributed by atoms with van der Waals surface area (Å²) in [6, 6.07) is 20.9. The first-order valence-electron chi connectivity index (χ1n) is 14.2. The molecule has 0 saturated heterocycles. The van der Waals surface area contributed by atoms with Crippen LogP contribution in [0.1, 0.15) is 46.1 Å². The lowest BCUT2D eigenvalue weighted by Crippen LogP contribution is -2.53. The molecule has 2 atom stereocenters. The van der Waals surface area contributed by atoms with E-state index in [2.05, 4.69) is 5.32 Å². The number of carbonyl (C=O) groups is 2. The Bertz CT molecular complexity index is 1410. The van der Waals surface area contributed by atoms with Crippen LogP contribution in [0.3, 0.4) is 0 Å². The summed E-state index contributed by atoms with van der Waals surface area (Å²) in [5.74, 6) is 0.355. The standard InChI is InChI=1S/C32H41N3O6S/c1-6-24(4)33-32(37)30(7-2)34(22-25-13-12-16-28(21-25)40-5)31(36)23-35(26-14-10-9-11-15-26)42(38,39)29-19-17-27(18-20-29)41-8-3/h9-21,24,30H,6-8,22-23H2,1-5H3,(H,33,37)/t24-,30-/m1/s1. The molecule has 2 amide bonds. The molecule has 0 aromatic heterocycles. The van der Waals surface area contributed by atoms with Crippen LogP contribution >= 0.6 is 0 Å². The summed E-state index contributed by atoms with van der Waals surface area (Å²) in [4.78, 5) is 29.0. The molecule has 226 valence electrons. The fourth-order valence-electron chi connectivity index (χ4n) is 4.45. The molecular weight excluding hydrogens is 554 g/mol. The SMILES string of the molecule is CCOc1ccc(S(=O)(=O)N(CC(=O)N(Cc2cccc(OC)c2)[C@H](CC)C(=O)N[C@H](C)CC)c2ccccc2)cc1. The third-order valence-corrected chi connectivity index (χ3v) is 8.71. The highest BCUT2D eigenvalue weighted by Crippen LogP contribution is 2.26. The fourth-order valence-corrected chi connectivity index (χ4v) is 5.87. The molecule has 3 rings (SSSR count). The van der Waals surface area contributed by atoms with Crippen LogP contribution in [0.25, 0.3) is 0 Å². The molecule has 0 saturated carbocycles. The highest BCUT2D eigenvalue weighted by atomic mass is 32.2. The number of hydrogen-bond donors (Lipinski definition) is 1. The lowest BCUT2D eigenvalue weighted by Gasteiger charge is -2.33. The molecule has 10 heteroatoms. The number of amides is 2. The van der Waals surface area contributed by atoms with Gasteiger partial charge in [-0.15, -0.1) is 0 Å². The van der Waals surface area contributed by atoms with Gasteiger partial charge < -0.3 is 19.7 Å². The minimum atomic E-state index is -4.16.